The molecule has 0 bridgehead atoms. The number of carbonyl (C=O) groups excluding carboxylic acids is 3. The molecule has 0 atom stereocenters. The molecule has 0 aliphatic heterocycles. The summed E-state index contributed by atoms with van der Waals surface area (Å²) in [5.41, 5.74) is 0.600. The first kappa shape index (κ1) is 11.8. The Hall–Kier alpha value is -1.23. The maximum atomic E-state index is 10.7. The molecule has 5 heteroatoms. The third-order valence-corrected chi connectivity index (χ3v) is 5.04. The molecule has 0 aromatic carbocycles. The Morgan fingerprint density at radius 1 is 1.33 bits per heavy atom. The molecular weight excluding hydrogens is 258 g/mol. The van der Waals surface area contributed by atoms with Gasteiger partial charge in [0.1, 0.15) is 0 Å². The molecule has 78 valence electrons. The van der Waals surface area contributed by atoms with Gasteiger partial charge in [-0.25, -0.2) is 0 Å². The van der Waals surface area contributed by atoms with E-state index in [1.54, 1.807) is 6.08 Å². The third-order valence-electron chi connectivity index (χ3n) is 1.87. The second-order valence-corrected chi connectivity index (χ2v) is 6.09. The standard InChI is InChI=1S/C7H6Cl.3CO.Mn/c1-2-6-3-4-7(8)5-6;3*1-2;/h2,4H,1,3H2;;;;. The average Bonchev–Trinajstić information content (AvgIpc) is 2.65. The van der Waals surface area contributed by atoms with Gasteiger partial charge in [-0.05, 0) is 0 Å². The number of halogens is 1. The van der Waals surface area contributed by atoms with Crippen LogP contribution in [0.3, 0.4) is 0 Å². The Morgan fingerprint density at radius 2 is 1.87 bits per heavy atom. The number of hydrogen-bond acceptors (Lipinski definition) is 3. The van der Waals surface area contributed by atoms with E-state index in [2.05, 4.69) is 6.58 Å². The molecular formula is C10H6ClMnO3. The van der Waals surface area contributed by atoms with Gasteiger partial charge in [0.15, 0.2) is 0 Å². The normalized spacial score (nSPS) is 15.1. The fourth-order valence-corrected chi connectivity index (χ4v) is 3.69. The van der Waals surface area contributed by atoms with Gasteiger partial charge in [0.25, 0.3) is 0 Å². The van der Waals surface area contributed by atoms with Crippen LogP contribution in [0, 0.1) is 0 Å². The van der Waals surface area contributed by atoms with Gasteiger partial charge in [-0.2, -0.15) is 0 Å². The minimum absolute atomic E-state index is 0.223. The SMILES string of the molecule is C=CC1=[C]([Mn](=[C]=O)(=[C]=O)=[C]=O)C(Cl)=CC1. The third kappa shape index (κ3) is 1.79. The van der Waals surface area contributed by atoms with Crippen LogP contribution >= 0.6 is 11.6 Å². The molecule has 3 nitrogen and oxygen atoms in total. The van der Waals surface area contributed by atoms with E-state index in [1.165, 1.54) is 20.4 Å². The topological polar surface area (TPSA) is 51.2 Å². The van der Waals surface area contributed by atoms with Crippen LogP contribution < -0.4 is 0 Å². The van der Waals surface area contributed by atoms with Gasteiger partial charge in [-0.3, -0.25) is 0 Å². The van der Waals surface area contributed by atoms with Crippen molar-refractivity contribution in [2.75, 3.05) is 0 Å². The predicted molar refractivity (Wildman–Crippen MR) is 52.9 cm³/mol. The number of rotatable bonds is 2. The molecule has 1 rings (SSSR count). The van der Waals surface area contributed by atoms with Crippen LogP contribution in [0.1, 0.15) is 6.42 Å². The van der Waals surface area contributed by atoms with Crippen molar-refractivity contribution in [3.8, 4) is 0 Å². The van der Waals surface area contributed by atoms with Crippen molar-refractivity contribution >= 4 is 26.0 Å². The summed E-state index contributed by atoms with van der Waals surface area (Å²) in [6.45, 7) is 3.53. The molecule has 0 aromatic heterocycles. The molecule has 0 spiro atoms. The van der Waals surface area contributed by atoms with Gasteiger partial charge in [0.2, 0.25) is 0 Å². The van der Waals surface area contributed by atoms with Crippen molar-refractivity contribution < 1.29 is 25.9 Å². The van der Waals surface area contributed by atoms with Gasteiger partial charge in [0.05, 0.1) is 0 Å². The Labute approximate surface area is 92.2 Å². The molecule has 0 saturated carbocycles. The molecule has 1 aliphatic carbocycles. The van der Waals surface area contributed by atoms with Crippen LogP contribution in [0.4, 0.5) is 0 Å². The van der Waals surface area contributed by atoms with Crippen LogP contribution in [0.5, 0.6) is 0 Å². The van der Waals surface area contributed by atoms with Crippen LogP contribution in [0.15, 0.2) is 33.8 Å². The molecule has 0 unspecified atom stereocenters. The van der Waals surface area contributed by atoms with E-state index in [1.807, 2.05) is 0 Å². The van der Waals surface area contributed by atoms with Crippen LogP contribution in [-0.2, 0) is 25.9 Å². The Kier molecular flexibility index (Phi) is 3.57. The summed E-state index contributed by atoms with van der Waals surface area (Å²) in [5, 5.41) is 0.229. The summed E-state index contributed by atoms with van der Waals surface area (Å²) in [5.74, 6) is 0. The van der Waals surface area contributed by atoms with E-state index < -0.39 is 11.5 Å². The summed E-state index contributed by atoms with van der Waals surface area (Å²) >= 11 is 2.07. The second kappa shape index (κ2) is 4.53. The molecule has 15 heavy (non-hydrogen) atoms. The second-order valence-electron chi connectivity index (χ2n) is 2.60. The van der Waals surface area contributed by atoms with Gasteiger partial charge < -0.3 is 0 Å². The van der Waals surface area contributed by atoms with Crippen molar-refractivity contribution in [3.05, 3.63) is 33.8 Å². The van der Waals surface area contributed by atoms with E-state index in [9.17, 15) is 14.4 Å². The number of allylic oxidation sites excluding steroid dienone is 5. The van der Waals surface area contributed by atoms with Crippen LogP contribution in [0.2, 0.25) is 0 Å². The zero-order chi connectivity index (χ0) is 11.5. The predicted octanol–water partition coefficient (Wildman–Crippen LogP) is 1.31. The fraction of sp³-hybridized carbons (Fsp3) is 0.100. The van der Waals surface area contributed by atoms with E-state index in [-0.39, 0.29) is 9.50 Å². The minimum atomic E-state index is -3.76. The Bertz CT molecular complexity index is 588. The first-order valence-corrected chi connectivity index (χ1v) is 6.54. The number of hydrogen-bond donors (Lipinski definition) is 0. The van der Waals surface area contributed by atoms with Crippen LogP contribution in [-0.4, -0.2) is 14.4 Å². The van der Waals surface area contributed by atoms with Gasteiger partial charge in [0, 0.05) is 0 Å². The van der Waals surface area contributed by atoms with Gasteiger partial charge in [-0.15, -0.1) is 0 Å². The molecule has 0 saturated heterocycles. The van der Waals surface area contributed by atoms with E-state index >= 15 is 0 Å². The van der Waals surface area contributed by atoms with Crippen molar-refractivity contribution in [2.24, 2.45) is 0 Å². The monoisotopic (exact) mass is 264 g/mol. The van der Waals surface area contributed by atoms with Crippen molar-refractivity contribution in [1.29, 1.82) is 0 Å². The molecule has 0 fully saturated rings. The van der Waals surface area contributed by atoms with E-state index in [0.29, 0.717) is 12.0 Å². The fourth-order valence-electron chi connectivity index (χ4n) is 1.19. The molecule has 0 aromatic rings. The zero-order valence-electron chi connectivity index (χ0n) is 7.55. The maximum absolute atomic E-state index is 10.7. The van der Waals surface area contributed by atoms with E-state index in [4.69, 9.17) is 11.6 Å². The van der Waals surface area contributed by atoms with Gasteiger partial charge in [-0.1, -0.05) is 0 Å². The Morgan fingerprint density at radius 3 is 2.27 bits per heavy atom. The van der Waals surface area contributed by atoms with Crippen LogP contribution in [0.25, 0.3) is 0 Å². The zero-order valence-corrected chi connectivity index (χ0v) is 9.49. The molecule has 0 amide bonds. The summed E-state index contributed by atoms with van der Waals surface area (Å²) < 4.78 is 0.223. The first-order valence-electron chi connectivity index (χ1n) is 3.80. The molecule has 0 heterocycles. The Balaban J connectivity index is 3.94. The summed E-state index contributed by atoms with van der Waals surface area (Å²) in [4.78, 5) is 36.6. The van der Waals surface area contributed by atoms with Crippen molar-refractivity contribution in [1.82, 2.24) is 0 Å². The summed E-state index contributed by atoms with van der Waals surface area (Å²) in [7, 11) is 0. The quantitative estimate of drug-likeness (QED) is 0.707. The van der Waals surface area contributed by atoms with E-state index in [0.717, 1.165) is 0 Å². The van der Waals surface area contributed by atoms with Gasteiger partial charge >= 0.3 is 92.1 Å². The average molecular weight is 265 g/mol. The molecule has 1 aliphatic rings. The summed E-state index contributed by atoms with van der Waals surface area (Å²) in [6, 6.07) is 0. The first-order chi connectivity index (χ1) is 7.15. The molecule has 0 N–H and O–H groups in total. The molecule has 0 radical (unpaired) electrons. The van der Waals surface area contributed by atoms with Crippen molar-refractivity contribution in [3.63, 3.8) is 0 Å². The van der Waals surface area contributed by atoms with Crippen molar-refractivity contribution in [2.45, 2.75) is 6.42 Å². The summed E-state index contributed by atoms with van der Waals surface area (Å²) in [6.07, 6.45) is 3.54.